The molecule has 0 bridgehead atoms. The molecule has 0 amide bonds. The highest BCUT2D eigenvalue weighted by Gasteiger charge is 2.11. The predicted octanol–water partition coefficient (Wildman–Crippen LogP) is 1.12. The van der Waals surface area contributed by atoms with Crippen LogP contribution < -0.4 is 5.56 Å². The number of carbonyl (C=O) groups is 1. The standard InChI is InChI=1S/C13H11N3O3/c17-11(18)5-8-16-12-9(3-1-6-14-12)15-7-2-4-10(15)13(16)19/h1-4,6-7H,5,8H2,(H,17,18). The molecule has 19 heavy (non-hydrogen) atoms. The number of aromatic nitrogens is 3. The van der Waals surface area contributed by atoms with Gasteiger partial charge in [-0.05, 0) is 24.3 Å². The molecule has 0 aromatic carbocycles. The van der Waals surface area contributed by atoms with E-state index >= 15 is 0 Å². The first-order valence-electron chi connectivity index (χ1n) is 5.85. The van der Waals surface area contributed by atoms with Gasteiger partial charge < -0.3 is 9.51 Å². The smallest absolute Gasteiger partial charge is 0.305 e. The number of carboxylic acids is 1. The number of pyridine rings is 1. The van der Waals surface area contributed by atoms with Crippen molar-refractivity contribution >= 4 is 22.6 Å². The fourth-order valence-corrected chi connectivity index (χ4v) is 2.20. The average molecular weight is 257 g/mol. The Hall–Kier alpha value is -2.63. The van der Waals surface area contributed by atoms with Crippen molar-refractivity contribution in [2.75, 3.05) is 0 Å². The van der Waals surface area contributed by atoms with Crippen LogP contribution in [0.4, 0.5) is 0 Å². The summed E-state index contributed by atoms with van der Waals surface area (Å²) < 4.78 is 3.18. The van der Waals surface area contributed by atoms with E-state index in [2.05, 4.69) is 4.98 Å². The highest BCUT2D eigenvalue weighted by atomic mass is 16.4. The first kappa shape index (κ1) is 11.5. The van der Waals surface area contributed by atoms with E-state index in [1.807, 2.05) is 6.07 Å². The lowest BCUT2D eigenvalue weighted by molar-refractivity contribution is -0.137. The molecule has 3 aromatic rings. The maximum Gasteiger partial charge on any atom is 0.305 e. The molecule has 0 radical (unpaired) electrons. The highest BCUT2D eigenvalue weighted by molar-refractivity contribution is 5.75. The van der Waals surface area contributed by atoms with E-state index in [-0.39, 0.29) is 18.5 Å². The summed E-state index contributed by atoms with van der Waals surface area (Å²) in [5, 5.41) is 8.77. The van der Waals surface area contributed by atoms with Crippen molar-refractivity contribution in [2.45, 2.75) is 13.0 Å². The molecule has 6 nitrogen and oxygen atoms in total. The van der Waals surface area contributed by atoms with Gasteiger partial charge in [-0.3, -0.25) is 14.2 Å². The third kappa shape index (κ3) is 1.77. The normalized spacial score (nSPS) is 11.2. The molecule has 0 spiro atoms. The highest BCUT2D eigenvalue weighted by Crippen LogP contribution is 2.12. The summed E-state index contributed by atoms with van der Waals surface area (Å²) in [6.45, 7) is 0.114. The number of rotatable bonds is 3. The molecule has 0 unspecified atom stereocenters. The fraction of sp³-hybridized carbons (Fsp3) is 0.154. The molecule has 0 aliphatic heterocycles. The second kappa shape index (κ2) is 4.24. The summed E-state index contributed by atoms with van der Waals surface area (Å²) in [6.07, 6.45) is 3.28. The number of nitrogens with zero attached hydrogens (tertiary/aromatic N) is 3. The van der Waals surface area contributed by atoms with Crippen molar-refractivity contribution in [1.82, 2.24) is 14.0 Å². The maximum absolute atomic E-state index is 12.3. The Bertz CT molecular complexity index is 832. The zero-order valence-corrected chi connectivity index (χ0v) is 9.98. The molecule has 0 saturated heterocycles. The van der Waals surface area contributed by atoms with Crippen LogP contribution in [0.3, 0.4) is 0 Å². The number of fused-ring (bicyclic) bond motifs is 3. The summed E-state index contributed by atoms with van der Waals surface area (Å²) in [5.41, 5.74) is 1.58. The zero-order valence-electron chi connectivity index (χ0n) is 9.98. The minimum atomic E-state index is -0.939. The lowest BCUT2D eigenvalue weighted by Crippen LogP contribution is -2.24. The maximum atomic E-state index is 12.3. The van der Waals surface area contributed by atoms with Crippen molar-refractivity contribution in [1.29, 1.82) is 0 Å². The van der Waals surface area contributed by atoms with E-state index in [0.717, 1.165) is 5.52 Å². The van der Waals surface area contributed by atoms with Crippen LogP contribution in [-0.2, 0) is 11.3 Å². The molecule has 96 valence electrons. The van der Waals surface area contributed by atoms with Crippen LogP contribution in [0.15, 0.2) is 41.5 Å². The first-order valence-corrected chi connectivity index (χ1v) is 5.85. The van der Waals surface area contributed by atoms with Crippen molar-refractivity contribution in [3.8, 4) is 0 Å². The van der Waals surface area contributed by atoms with E-state index in [4.69, 9.17) is 5.11 Å². The van der Waals surface area contributed by atoms with Gasteiger partial charge in [-0.15, -0.1) is 0 Å². The fourth-order valence-electron chi connectivity index (χ4n) is 2.20. The van der Waals surface area contributed by atoms with Crippen molar-refractivity contribution in [3.63, 3.8) is 0 Å². The largest absolute Gasteiger partial charge is 0.481 e. The van der Waals surface area contributed by atoms with E-state index < -0.39 is 5.97 Å². The van der Waals surface area contributed by atoms with E-state index in [9.17, 15) is 9.59 Å². The van der Waals surface area contributed by atoms with Gasteiger partial charge in [-0.2, -0.15) is 0 Å². The molecule has 3 heterocycles. The molecular formula is C13H11N3O3. The van der Waals surface area contributed by atoms with Gasteiger partial charge in [0.1, 0.15) is 5.52 Å². The Morgan fingerprint density at radius 3 is 2.84 bits per heavy atom. The van der Waals surface area contributed by atoms with Crippen molar-refractivity contribution in [2.24, 2.45) is 0 Å². The van der Waals surface area contributed by atoms with Crippen LogP contribution in [0.2, 0.25) is 0 Å². The van der Waals surface area contributed by atoms with Gasteiger partial charge in [0.25, 0.3) is 5.56 Å². The monoisotopic (exact) mass is 257 g/mol. The summed E-state index contributed by atoms with van der Waals surface area (Å²) >= 11 is 0. The predicted molar refractivity (Wildman–Crippen MR) is 69.2 cm³/mol. The van der Waals surface area contributed by atoms with Gasteiger partial charge in [0.2, 0.25) is 0 Å². The Kier molecular flexibility index (Phi) is 2.56. The molecular weight excluding hydrogens is 246 g/mol. The first-order chi connectivity index (χ1) is 9.18. The van der Waals surface area contributed by atoms with Crippen LogP contribution in [0.5, 0.6) is 0 Å². The molecule has 3 rings (SSSR count). The Morgan fingerprint density at radius 2 is 2.05 bits per heavy atom. The molecule has 0 fully saturated rings. The van der Waals surface area contributed by atoms with E-state index in [1.54, 1.807) is 35.0 Å². The van der Waals surface area contributed by atoms with Gasteiger partial charge in [0, 0.05) is 18.9 Å². The van der Waals surface area contributed by atoms with E-state index in [0.29, 0.717) is 11.2 Å². The van der Waals surface area contributed by atoms with Gasteiger partial charge in [-0.25, -0.2) is 4.98 Å². The van der Waals surface area contributed by atoms with Crippen LogP contribution in [-0.4, -0.2) is 25.0 Å². The summed E-state index contributed by atoms with van der Waals surface area (Å²) in [4.78, 5) is 27.2. The molecule has 0 aliphatic carbocycles. The van der Waals surface area contributed by atoms with Gasteiger partial charge >= 0.3 is 5.97 Å². The summed E-state index contributed by atoms with van der Waals surface area (Å²) in [6, 6.07) is 7.14. The number of aryl methyl sites for hydroxylation is 1. The summed E-state index contributed by atoms with van der Waals surface area (Å²) in [5.74, 6) is -0.939. The second-order valence-corrected chi connectivity index (χ2v) is 4.21. The van der Waals surface area contributed by atoms with Gasteiger partial charge in [-0.1, -0.05) is 0 Å². The minimum Gasteiger partial charge on any atom is -0.481 e. The third-order valence-electron chi connectivity index (χ3n) is 3.04. The Labute approximate surface area is 107 Å². The summed E-state index contributed by atoms with van der Waals surface area (Å²) in [7, 11) is 0. The Morgan fingerprint density at radius 1 is 1.26 bits per heavy atom. The SMILES string of the molecule is O=C(O)CCn1c(=O)c2cccn2c2cccnc21. The lowest BCUT2D eigenvalue weighted by atomic mass is 10.3. The number of carboxylic acid groups (broad SMARTS) is 1. The van der Waals surface area contributed by atoms with Gasteiger partial charge in [0.05, 0.1) is 11.9 Å². The second-order valence-electron chi connectivity index (χ2n) is 4.21. The lowest BCUT2D eigenvalue weighted by Gasteiger charge is -2.10. The van der Waals surface area contributed by atoms with Crippen molar-refractivity contribution < 1.29 is 9.90 Å². The van der Waals surface area contributed by atoms with Crippen molar-refractivity contribution in [3.05, 3.63) is 47.0 Å². The molecule has 0 saturated carbocycles. The number of aliphatic carboxylic acids is 1. The molecule has 0 atom stereocenters. The molecule has 6 heteroatoms. The third-order valence-corrected chi connectivity index (χ3v) is 3.04. The molecule has 3 aromatic heterocycles. The van der Waals surface area contributed by atoms with Crippen LogP contribution in [0.25, 0.3) is 16.7 Å². The topological polar surface area (TPSA) is 76.6 Å². The van der Waals surface area contributed by atoms with E-state index in [1.165, 1.54) is 4.57 Å². The number of hydrogen-bond donors (Lipinski definition) is 1. The minimum absolute atomic E-state index is 0.109. The van der Waals surface area contributed by atoms with Crippen LogP contribution >= 0.6 is 0 Å². The van der Waals surface area contributed by atoms with Crippen LogP contribution in [0.1, 0.15) is 6.42 Å². The zero-order chi connectivity index (χ0) is 13.4. The quantitative estimate of drug-likeness (QED) is 0.763. The molecule has 1 N–H and O–H groups in total. The Balaban J connectivity index is 2.35. The molecule has 0 aliphatic rings. The number of hydrogen-bond acceptors (Lipinski definition) is 3. The van der Waals surface area contributed by atoms with Gasteiger partial charge in [0.15, 0.2) is 5.65 Å². The average Bonchev–Trinajstić information content (AvgIpc) is 2.88. The van der Waals surface area contributed by atoms with Crippen LogP contribution in [0, 0.1) is 0 Å².